The lowest BCUT2D eigenvalue weighted by molar-refractivity contribution is -0.116. The van der Waals surface area contributed by atoms with Gasteiger partial charge < -0.3 is 4.90 Å². The van der Waals surface area contributed by atoms with E-state index in [-0.39, 0.29) is 5.91 Å². The Morgan fingerprint density at radius 1 is 1.00 bits per heavy atom. The van der Waals surface area contributed by atoms with Crippen LogP contribution in [0.2, 0.25) is 0 Å². The van der Waals surface area contributed by atoms with Crippen molar-refractivity contribution < 1.29 is 4.79 Å². The van der Waals surface area contributed by atoms with E-state index in [2.05, 4.69) is 40.5 Å². The largest absolute Gasteiger partial charge is 0.316 e. The number of nitrogens with one attached hydrogen (secondary N) is 1. The number of carbonyl (C=O) groups is 1. The molecule has 118 valence electrons. The fourth-order valence-electron chi connectivity index (χ4n) is 2.95. The lowest BCUT2D eigenvalue weighted by Crippen LogP contribution is -2.22. The van der Waals surface area contributed by atoms with Crippen LogP contribution in [0.25, 0.3) is 32.9 Å². The average molecular weight is 315 g/mol. The van der Waals surface area contributed by atoms with Gasteiger partial charge in [0.15, 0.2) is 0 Å². The minimum absolute atomic E-state index is 0.00472. The van der Waals surface area contributed by atoms with Gasteiger partial charge in [0.2, 0.25) is 5.91 Å². The third-order valence-electron chi connectivity index (χ3n) is 4.43. The molecule has 1 aromatic heterocycles. The molecule has 0 saturated heterocycles. The number of H-pyrrole nitrogens is 1. The van der Waals surface area contributed by atoms with Crippen molar-refractivity contribution in [1.29, 1.82) is 0 Å². The molecule has 4 heteroatoms. The summed E-state index contributed by atoms with van der Waals surface area (Å²) in [6.07, 6.45) is 0. The molecule has 24 heavy (non-hydrogen) atoms. The van der Waals surface area contributed by atoms with Gasteiger partial charge in [0.25, 0.3) is 0 Å². The van der Waals surface area contributed by atoms with E-state index in [9.17, 15) is 4.79 Å². The molecule has 0 fully saturated rings. The zero-order valence-electron chi connectivity index (χ0n) is 13.6. The first kappa shape index (κ1) is 14.5. The van der Waals surface area contributed by atoms with E-state index in [1.807, 2.05) is 30.3 Å². The van der Waals surface area contributed by atoms with Crippen LogP contribution in [0.3, 0.4) is 0 Å². The summed E-state index contributed by atoms with van der Waals surface area (Å²) in [4.78, 5) is 13.3. The summed E-state index contributed by atoms with van der Waals surface area (Å²) in [6.45, 7) is 1.56. The third-order valence-corrected chi connectivity index (χ3v) is 4.43. The lowest BCUT2D eigenvalue weighted by Gasteiger charge is -2.14. The highest BCUT2D eigenvalue weighted by Gasteiger charge is 2.12. The van der Waals surface area contributed by atoms with Gasteiger partial charge in [-0.3, -0.25) is 9.89 Å². The molecule has 0 spiro atoms. The van der Waals surface area contributed by atoms with Crippen LogP contribution >= 0.6 is 0 Å². The van der Waals surface area contributed by atoms with E-state index in [1.54, 1.807) is 18.9 Å². The normalized spacial score (nSPS) is 11.1. The van der Waals surface area contributed by atoms with Crippen LogP contribution in [-0.2, 0) is 4.79 Å². The van der Waals surface area contributed by atoms with Crippen LogP contribution in [0.4, 0.5) is 5.69 Å². The van der Waals surface area contributed by atoms with Gasteiger partial charge in [-0.15, -0.1) is 0 Å². The Labute approximate surface area is 139 Å². The van der Waals surface area contributed by atoms with Crippen molar-refractivity contribution in [2.24, 2.45) is 0 Å². The van der Waals surface area contributed by atoms with E-state index >= 15 is 0 Å². The van der Waals surface area contributed by atoms with Crippen LogP contribution in [0.1, 0.15) is 6.92 Å². The third kappa shape index (κ3) is 2.33. The number of aromatic amines is 1. The number of hydrogen-bond acceptors (Lipinski definition) is 2. The van der Waals surface area contributed by atoms with Crippen LogP contribution < -0.4 is 4.90 Å². The van der Waals surface area contributed by atoms with E-state index in [0.717, 1.165) is 27.8 Å². The predicted octanol–water partition coefficient (Wildman–Crippen LogP) is 4.37. The Hall–Kier alpha value is -3.14. The molecule has 1 amide bonds. The highest BCUT2D eigenvalue weighted by Crippen LogP contribution is 2.31. The number of benzene rings is 3. The topological polar surface area (TPSA) is 49.0 Å². The van der Waals surface area contributed by atoms with Crippen LogP contribution in [0.5, 0.6) is 0 Å². The first-order valence-electron chi connectivity index (χ1n) is 7.85. The Morgan fingerprint density at radius 2 is 1.79 bits per heavy atom. The zero-order chi connectivity index (χ0) is 16.7. The van der Waals surface area contributed by atoms with Crippen molar-refractivity contribution in [3.8, 4) is 11.3 Å². The highest BCUT2D eigenvalue weighted by molar-refractivity contribution is 6.00. The Morgan fingerprint density at radius 3 is 2.58 bits per heavy atom. The average Bonchev–Trinajstić information content (AvgIpc) is 3.03. The summed E-state index contributed by atoms with van der Waals surface area (Å²) < 4.78 is 0. The molecular weight excluding hydrogens is 298 g/mol. The van der Waals surface area contributed by atoms with E-state index in [4.69, 9.17) is 0 Å². The summed E-state index contributed by atoms with van der Waals surface area (Å²) in [5.74, 6) is 0.00472. The second-order valence-electron chi connectivity index (χ2n) is 5.94. The quantitative estimate of drug-likeness (QED) is 0.597. The van der Waals surface area contributed by atoms with Crippen molar-refractivity contribution in [3.05, 3.63) is 60.7 Å². The molecule has 4 rings (SSSR count). The number of anilines is 1. The fourth-order valence-corrected chi connectivity index (χ4v) is 2.95. The van der Waals surface area contributed by atoms with Crippen LogP contribution in [-0.4, -0.2) is 23.2 Å². The molecule has 1 N–H and O–H groups in total. The van der Waals surface area contributed by atoms with E-state index in [1.165, 1.54) is 10.8 Å². The molecule has 0 radical (unpaired) electrons. The lowest BCUT2D eigenvalue weighted by atomic mass is 10.0. The minimum atomic E-state index is 0.00472. The summed E-state index contributed by atoms with van der Waals surface area (Å²) in [5, 5.41) is 11.0. The van der Waals surface area contributed by atoms with Crippen molar-refractivity contribution in [1.82, 2.24) is 10.2 Å². The first-order valence-corrected chi connectivity index (χ1v) is 7.85. The van der Waals surface area contributed by atoms with Crippen molar-refractivity contribution in [2.75, 3.05) is 11.9 Å². The molecule has 0 atom stereocenters. The molecule has 0 aliphatic rings. The molecule has 0 aliphatic heterocycles. The second-order valence-corrected chi connectivity index (χ2v) is 5.94. The van der Waals surface area contributed by atoms with Gasteiger partial charge in [-0.2, -0.15) is 5.10 Å². The Balaban J connectivity index is 1.88. The summed E-state index contributed by atoms with van der Waals surface area (Å²) in [5.41, 5.74) is 3.77. The number of nitrogens with zero attached hydrogens (tertiary/aromatic N) is 2. The van der Waals surface area contributed by atoms with Gasteiger partial charge in [0.05, 0.1) is 11.2 Å². The number of hydrogen-bond donors (Lipinski definition) is 1. The molecule has 3 aromatic carbocycles. The van der Waals surface area contributed by atoms with Crippen molar-refractivity contribution >= 4 is 33.3 Å². The number of fused-ring (bicyclic) bond motifs is 2. The number of rotatable bonds is 2. The smallest absolute Gasteiger partial charge is 0.223 e. The SMILES string of the molecule is CC(=O)N(C)c1ccc2[nH]nc(-c3ccc4ccccc4c3)c2c1. The van der Waals surface area contributed by atoms with Gasteiger partial charge in [0, 0.05) is 30.6 Å². The fraction of sp³-hybridized carbons (Fsp3) is 0.100. The molecule has 0 unspecified atom stereocenters. The number of carbonyl (C=O) groups excluding carboxylic acids is 1. The van der Waals surface area contributed by atoms with Crippen molar-refractivity contribution in [3.63, 3.8) is 0 Å². The van der Waals surface area contributed by atoms with E-state index < -0.39 is 0 Å². The standard InChI is InChI=1S/C20H17N3O/c1-13(24)23(2)17-9-10-19-18(12-17)20(22-21-19)16-8-7-14-5-3-4-6-15(14)11-16/h3-12H,1-2H3,(H,21,22). The first-order chi connectivity index (χ1) is 11.6. The summed E-state index contributed by atoms with van der Waals surface area (Å²) in [7, 11) is 1.78. The van der Waals surface area contributed by atoms with Crippen molar-refractivity contribution in [2.45, 2.75) is 6.92 Å². The Kier molecular flexibility index (Phi) is 3.31. The van der Waals surface area contributed by atoms with Gasteiger partial charge in [-0.1, -0.05) is 36.4 Å². The molecule has 1 heterocycles. The van der Waals surface area contributed by atoms with Gasteiger partial charge >= 0.3 is 0 Å². The van der Waals surface area contributed by atoms with Crippen LogP contribution in [0.15, 0.2) is 60.7 Å². The highest BCUT2D eigenvalue weighted by atomic mass is 16.2. The maximum absolute atomic E-state index is 11.6. The summed E-state index contributed by atoms with van der Waals surface area (Å²) >= 11 is 0. The molecule has 4 aromatic rings. The Bertz CT molecular complexity index is 1060. The van der Waals surface area contributed by atoms with Gasteiger partial charge in [-0.05, 0) is 35.0 Å². The number of amides is 1. The molecule has 0 aliphatic carbocycles. The molecular formula is C20H17N3O. The summed E-state index contributed by atoms with van der Waals surface area (Å²) in [6, 6.07) is 20.5. The maximum atomic E-state index is 11.6. The monoisotopic (exact) mass is 315 g/mol. The van der Waals surface area contributed by atoms with Crippen LogP contribution in [0, 0.1) is 0 Å². The van der Waals surface area contributed by atoms with Gasteiger partial charge in [0.1, 0.15) is 0 Å². The second kappa shape index (κ2) is 5.49. The maximum Gasteiger partial charge on any atom is 0.223 e. The molecule has 4 nitrogen and oxygen atoms in total. The molecule has 0 bridgehead atoms. The van der Waals surface area contributed by atoms with E-state index in [0.29, 0.717) is 0 Å². The molecule has 0 saturated carbocycles. The predicted molar refractivity (Wildman–Crippen MR) is 98.1 cm³/mol. The number of aromatic nitrogens is 2. The zero-order valence-corrected chi connectivity index (χ0v) is 13.6. The minimum Gasteiger partial charge on any atom is -0.316 e. The van der Waals surface area contributed by atoms with Gasteiger partial charge in [-0.25, -0.2) is 0 Å².